The van der Waals surface area contributed by atoms with E-state index in [9.17, 15) is 13.6 Å². The maximum Gasteiger partial charge on any atom is 0.207 e. The maximum absolute atomic E-state index is 13.2. The van der Waals surface area contributed by atoms with Gasteiger partial charge in [0, 0.05) is 0 Å². The van der Waals surface area contributed by atoms with Gasteiger partial charge < -0.3 is 4.74 Å². The topological polar surface area (TPSA) is 50.1 Å². The number of methoxy groups -OCH3 is 1. The predicted molar refractivity (Wildman–Crippen MR) is 77.3 cm³/mol. The van der Waals surface area contributed by atoms with Gasteiger partial charge in [0.05, 0.1) is 12.7 Å². The van der Waals surface area contributed by atoms with E-state index in [1.807, 2.05) is 0 Å². The van der Waals surface area contributed by atoms with E-state index in [1.54, 1.807) is 24.3 Å². The number of ketones is 1. The van der Waals surface area contributed by atoms with Gasteiger partial charge in [0.2, 0.25) is 5.78 Å². The molecule has 0 fully saturated rings. The Bertz CT molecular complexity index is 791. The Morgan fingerprint density at radius 2 is 1.91 bits per heavy atom. The number of Topliss-reactive ketones (excluding diaryl/α,β-unsaturated/α-hetero) is 1. The summed E-state index contributed by atoms with van der Waals surface area (Å²) >= 11 is 0. The number of carbonyl (C=O) groups excluding carboxylic acids is 1. The molecular formula is C17H11F2NO2. The van der Waals surface area contributed by atoms with Crippen LogP contribution < -0.4 is 4.74 Å². The van der Waals surface area contributed by atoms with Gasteiger partial charge in [-0.15, -0.1) is 0 Å². The van der Waals surface area contributed by atoms with Crippen molar-refractivity contribution in [1.29, 1.82) is 5.26 Å². The van der Waals surface area contributed by atoms with Crippen molar-refractivity contribution in [2.45, 2.75) is 0 Å². The van der Waals surface area contributed by atoms with Gasteiger partial charge in [0.15, 0.2) is 11.6 Å². The largest absolute Gasteiger partial charge is 0.496 e. The number of allylic oxidation sites excluding steroid dienone is 1. The molecule has 0 aromatic heterocycles. The SMILES string of the molecule is COc1ccccc1C(=O)/C(C#N)=C/c1ccc(F)c(F)c1. The van der Waals surface area contributed by atoms with Crippen molar-refractivity contribution in [2.24, 2.45) is 0 Å². The summed E-state index contributed by atoms with van der Waals surface area (Å²) in [6.45, 7) is 0. The highest BCUT2D eigenvalue weighted by molar-refractivity contribution is 6.15. The number of nitrogens with zero attached hydrogens (tertiary/aromatic N) is 1. The van der Waals surface area contributed by atoms with Crippen molar-refractivity contribution in [3.63, 3.8) is 0 Å². The lowest BCUT2D eigenvalue weighted by Crippen LogP contribution is -2.04. The zero-order valence-electron chi connectivity index (χ0n) is 11.6. The van der Waals surface area contributed by atoms with Gasteiger partial charge in [0.25, 0.3) is 0 Å². The Hall–Kier alpha value is -3.00. The van der Waals surface area contributed by atoms with E-state index in [-0.39, 0.29) is 16.7 Å². The number of para-hydroxylation sites is 1. The second-order valence-corrected chi connectivity index (χ2v) is 4.37. The monoisotopic (exact) mass is 299 g/mol. The van der Waals surface area contributed by atoms with Crippen LogP contribution >= 0.6 is 0 Å². The van der Waals surface area contributed by atoms with Crippen LogP contribution in [0.2, 0.25) is 0 Å². The van der Waals surface area contributed by atoms with E-state index in [0.29, 0.717) is 5.75 Å². The summed E-state index contributed by atoms with van der Waals surface area (Å²) in [4.78, 5) is 12.4. The highest BCUT2D eigenvalue weighted by Crippen LogP contribution is 2.22. The first-order chi connectivity index (χ1) is 10.6. The Morgan fingerprint density at radius 1 is 1.18 bits per heavy atom. The normalized spacial score (nSPS) is 10.9. The number of carbonyl (C=O) groups is 1. The quantitative estimate of drug-likeness (QED) is 0.490. The molecule has 0 bridgehead atoms. The molecule has 0 aliphatic heterocycles. The lowest BCUT2D eigenvalue weighted by molar-refractivity contribution is 0.103. The molecular weight excluding hydrogens is 288 g/mol. The average molecular weight is 299 g/mol. The van der Waals surface area contributed by atoms with Crippen LogP contribution in [0.25, 0.3) is 6.08 Å². The van der Waals surface area contributed by atoms with E-state index >= 15 is 0 Å². The van der Waals surface area contributed by atoms with Crippen molar-refractivity contribution in [1.82, 2.24) is 0 Å². The first kappa shape index (κ1) is 15.4. The summed E-state index contributed by atoms with van der Waals surface area (Å²) in [6, 6.07) is 11.4. The van der Waals surface area contributed by atoms with Crippen LogP contribution in [0.3, 0.4) is 0 Å². The van der Waals surface area contributed by atoms with E-state index in [4.69, 9.17) is 10.00 Å². The van der Waals surface area contributed by atoms with Crippen LogP contribution in [0.4, 0.5) is 8.78 Å². The molecule has 0 aliphatic carbocycles. The number of hydrogen-bond donors (Lipinski definition) is 0. The van der Waals surface area contributed by atoms with Gasteiger partial charge in [-0.25, -0.2) is 8.78 Å². The minimum absolute atomic E-state index is 0.199. The molecule has 0 saturated carbocycles. The molecule has 0 spiro atoms. The predicted octanol–water partition coefficient (Wildman–Crippen LogP) is 3.76. The van der Waals surface area contributed by atoms with Crippen molar-refractivity contribution in [3.8, 4) is 11.8 Å². The van der Waals surface area contributed by atoms with Gasteiger partial charge in [0.1, 0.15) is 17.4 Å². The van der Waals surface area contributed by atoms with E-state index in [0.717, 1.165) is 12.1 Å². The highest BCUT2D eigenvalue weighted by atomic mass is 19.2. The summed E-state index contributed by atoms with van der Waals surface area (Å²) in [6.07, 6.45) is 1.21. The van der Waals surface area contributed by atoms with Crippen molar-refractivity contribution < 1.29 is 18.3 Å². The summed E-state index contributed by atoms with van der Waals surface area (Å²) in [5, 5.41) is 9.16. The molecule has 0 amide bonds. The van der Waals surface area contributed by atoms with Gasteiger partial charge in [-0.05, 0) is 35.9 Å². The summed E-state index contributed by atoms with van der Waals surface area (Å²) in [5.41, 5.74) is 0.245. The third-order valence-electron chi connectivity index (χ3n) is 2.97. The molecule has 0 unspecified atom stereocenters. The van der Waals surface area contributed by atoms with Crippen LogP contribution in [0, 0.1) is 23.0 Å². The fourth-order valence-corrected chi connectivity index (χ4v) is 1.89. The van der Waals surface area contributed by atoms with Crippen LogP contribution in [0.5, 0.6) is 5.75 Å². The van der Waals surface area contributed by atoms with Gasteiger partial charge in [-0.3, -0.25) is 4.79 Å². The van der Waals surface area contributed by atoms with Crippen molar-refractivity contribution in [2.75, 3.05) is 7.11 Å². The molecule has 0 aliphatic rings. The smallest absolute Gasteiger partial charge is 0.207 e. The second kappa shape index (κ2) is 6.64. The highest BCUT2D eigenvalue weighted by Gasteiger charge is 2.16. The van der Waals surface area contributed by atoms with Gasteiger partial charge in [-0.1, -0.05) is 18.2 Å². The number of halogens is 2. The Morgan fingerprint density at radius 3 is 2.55 bits per heavy atom. The first-order valence-corrected chi connectivity index (χ1v) is 6.31. The molecule has 110 valence electrons. The number of hydrogen-bond acceptors (Lipinski definition) is 3. The minimum Gasteiger partial charge on any atom is -0.496 e. The van der Waals surface area contributed by atoms with Gasteiger partial charge >= 0.3 is 0 Å². The van der Waals surface area contributed by atoms with E-state index < -0.39 is 17.4 Å². The minimum atomic E-state index is -1.05. The van der Waals surface area contributed by atoms with Crippen LogP contribution in [0.15, 0.2) is 48.0 Å². The molecule has 2 rings (SSSR count). The van der Waals surface area contributed by atoms with Crippen molar-refractivity contribution >= 4 is 11.9 Å². The summed E-state index contributed by atoms with van der Waals surface area (Å²) in [7, 11) is 1.41. The number of benzene rings is 2. The molecule has 5 heteroatoms. The van der Waals surface area contributed by atoms with E-state index in [2.05, 4.69) is 0 Å². The van der Waals surface area contributed by atoms with Crippen molar-refractivity contribution in [3.05, 3.63) is 70.8 Å². The summed E-state index contributed by atoms with van der Waals surface area (Å²) in [5.74, 6) is -2.26. The van der Waals surface area contributed by atoms with Crippen LogP contribution in [-0.2, 0) is 0 Å². The van der Waals surface area contributed by atoms with E-state index in [1.165, 1.54) is 25.3 Å². The zero-order chi connectivity index (χ0) is 16.1. The molecule has 0 radical (unpaired) electrons. The van der Waals surface area contributed by atoms with Crippen LogP contribution in [-0.4, -0.2) is 12.9 Å². The number of rotatable bonds is 4. The molecule has 0 heterocycles. The summed E-state index contributed by atoms with van der Waals surface area (Å²) < 4.78 is 31.2. The number of nitriles is 1. The molecule has 3 nitrogen and oxygen atoms in total. The fourth-order valence-electron chi connectivity index (χ4n) is 1.89. The standard InChI is InChI=1S/C17H11F2NO2/c1-22-16-5-3-2-4-13(16)17(21)12(10-20)8-11-6-7-14(18)15(19)9-11/h2-9H,1H3/b12-8+. The Kier molecular flexibility index (Phi) is 4.64. The zero-order valence-corrected chi connectivity index (χ0v) is 11.6. The van der Waals surface area contributed by atoms with Gasteiger partial charge in [-0.2, -0.15) is 5.26 Å². The molecule has 0 saturated heterocycles. The lowest BCUT2D eigenvalue weighted by Gasteiger charge is -2.06. The molecule has 0 atom stereocenters. The first-order valence-electron chi connectivity index (χ1n) is 6.31. The molecule has 22 heavy (non-hydrogen) atoms. The molecule has 0 N–H and O–H groups in total. The molecule has 2 aromatic rings. The lowest BCUT2D eigenvalue weighted by atomic mass is 10.0. The fraction of sp³-hybridized carbons (Fsp3) is 0.0588. The maximum atomic E-state index is 13.2. The average Bonchev–Trinajstić information content (AvgIpc) is 2.55. The van der Waals surface area contributed by atoms with Crippen LogP contribution in [0.1, 0.15) is 15.9 Å². The third kappa shape index (κ3) is 3.18. The second-order valence-electron chi connectivity index (χ2n) is 4.37. The Balaban J connectivity index is 2.43. The number of ether oxygens (including phenoxy) is 1. The molecule has 2 aromatic carbocycles. The third-order valence-corrected chi connectivity index (χ3v) is 2.97. The Labute approximate surface area is 126 Å².